The van der Waals surface area contributed by atoms with Crippen molar-refractivity contribution in [3.8, 4) is 0 Å². The van der Waals surface area contributed by atoms with E-state index in [1.165, 1.54) is 0 Å². The summed E-state index contributed by atoms with van der Waals surface area (Å²) in [6, 6.07) is 7.23. The minimum atomic E-state index is -0.114. The Hall–Kier alpha value is -2.37. The highest BCUT2D eigenvalue weighted by Crippen LogP contribution is 2.07. The van der Waals surface area contributed by atoms with E-state index in [2.05, 4.69) is 15.5 Å². The minimum Gasteiger partial charge on any atom is -0.399 e. The number of aromatic nitrogens is 2. The monoisotopic (exact) mass is 246 g/mol. The van der Waals surface area contributed by atoms with Gasteiger partial charge in [0.1, 0.15) is 0 Å². The highest BCUT2D eigenvalue weighted by atomic mass is 16.5. The Morgan fingerprint density at radius 3 is 3.00 bits per heavy atom. The molecule has 0 bridgehead atoms. The van der Waals surface area contributed by atoms with Gasteiger partial charge >= 0.3 is 0 Å². The van der Waals surface area contributed by atoms with Crippen molar-refractivity contribution < 1.29 is 9.32 Å². The summed E-state index contributed by atoms with van der Waals surface area (Å²) in [6.07, 6.45) is 0.276. The van der Waals surface area contributed by atoms with Gasteiger partial charge in [-0.05, 0) is 24.6 Å². The van der Waals surface area contributed by atoms with Crippen LogP contribution in [0.5, 0.6) is 0 Å². The van der Waals surface area contributed by atoms with Gasteiger partial charge in [-0.15, -0.1) is 0 Å². The minimum absolute atomic E-state index is 0.114. The molecule has 0 spiro atoms. The van der Waals surface area contributed by atoms with Gasteiger partial charge in [0.15, 0.2) is 5.82 Å². The highest BCUT2D eigenvalue weighted by Gasteiger charge is 2.06. The van der Waals surface area contributed by atoms with Crippen LogP contribution in [0.4, 0.5) is 5.69 Å². The Morgan fingerprint density at radius 2 is 2.33 bits per heavy atom. The molecular formula is C12H14N4O2. The average molecular weight is 246 g/mol. The standard InChI is InChI=1S/C12H14N4O2/c1-8-15-12(18-16-8)7-14-11(17)6-9-3-2-4-10(13)5-9/h2-5H,6-7,13H2,1H3,(H,14,17). The van der Waals surface area contributed by atoms with Crippen molar-refractivity contribution in [1.82, 2.24) is 15.5 Å². The lowest BCUT2D eigenvalue weighted by Gasteiger charge is -2.03. The average Bonchev–Trinajstić information content (AvgIpc) is 2.73. The molecule has 0 unspecified atom stereocenters. The third-order valence-corrected chi connectivity index (χ3v) is 2.32. The molecule has 1 amide bonds. The molecule has 2 rings (SSSR count). The molecule has 18 heavy (non-hydrogen) atoms. The van der Waals surface area contributed by atoms with Crippen LogP contribution in [0.25, 0.3) is 0 Å². The van der Waals surface area contributed by atoms with E-state index in [4.69, 9.17) is 10.3 Å². The molecule has 6 nitrogen and oxygen atoms in total. The fourth-order valence-corrected chi connectivity index (χ4v) is 1.54. The lowest BCUT2D eigenvalue weighted by Crippen LogP contribution is -2.24. The van der Waals surface area contributed by atoms with Crippen LogP contribution in [-0.4, -0.2) is 16.0 Å². The maximum atomic E-state index is 11.7. The van der Waals surface area contributed by atoms with Crippen LogP contribution in [0, 0.1) is 6.92 Å². The Balaban J connectivity index is 1.85. The van der Waals surface area contributed by atoms with E-state index < -0.39 is 0 Å². The van der Waals surface area contributed by atoms with Crippen molar-refractivity contribution in [1.29, 1.82) is 0 Å². The molecule has 3 N–H and O–H groups in total. The van der Waals surface area contributed by atoms with Crippen LogP contribution in [0.15, 0.2) is 28.8 Å². The smallest absolute Gasteiger partial charge is 0.246 e. The first kappa shape index (κ1) is 12.1. The van der Waals surface area contributed by atoms with Crippen molar-refractivity contribution in [3.05, 3.63) is 41.5 Å². The normalized spacial score (nSPS) is 10.3. The first-order chi connectivity index (χ1) is 8.63. The number of hydrogen-bond donors (Lipinski definition) is 2. The Bertz CT molecular complexity index is 551. The third kappa shape index (κ3) is 3.31. The number of nitrogens with two attached hydrogens (primary N) is 1. The maximum absolute atomic E-state index is 11.7. The molecule has 0 radical (unpaired) electrons. The Kier molecular flexibility index (Phi) is 3.57. The van der Waals surface area contributed by atoms with Gasteiger partial charge in [0.2, 0.25) is 11.8 Å². The Labute approximate surface area is 104 Å². The van der Waals surface area contributed by atoms with Crippen LogP contribution in [0.3, 0.4) is 0 Å². The molecule has 0 aliphatic carbocycles. The molecule has 6 heteroatoms. The van der Waals surface area contributed by atoms with E-state index in [9.17, 15) is 4.79 Å². The zero-order valence-corrected chi connectivity index (χ0v) is 10.0. The highest BCUT2D eigenvalue weighted by molar-refractivity contribution is 5.78. The summed E-state index contributed by atoms with van der Waals surface area (Å²) in [4.78, 5) is 15.7. The van der Waals surface area contributed by atoms with Gasteiger partial charge < -0.3 is 15.6 Å². The number of rotatable bonds is 4. The first-order valence-electron chi connectivity index (χ1n) is 5.54. The van der Waals surface area contributed by atoms with E-state index >= 15 is 0 Å². The van der Waals surface area contributed by atoms with Crippen LogP contribution in [-0.2, 0) is 17.8 Å². The van der Waals surface area contributed by atoms with E-state index in [0.29, 0.717) is 17.4 Å². The molecular weight excluding hydrogens is 232 g/mol. The van der Waals surface area contributed by atoms with Gasteiger partial charge in [0.05, 0.1) is 13.0 Å². The number of carbonyl (C=O) groups is 1. The molecule has 94 valence electrons. The SMILES string of the molecule is Cc1noc(CNC(=O)Cc2cccc(N)c2)n1. The molecule has 2 aromatic rings. The molecule has 0 fully saturated rings. The number of hydrogen-bond acceptors (Lipinski definition) is 5. The second kappa shape index (κ2) is 5.31. The topological polar surface area (TPSA) is 94.0 Å². The molecule has 0 saturated heterocycles. The summed E-state index contributed by atoms with van der Waals surface area (Å²) < 4.78 is 4.89. The lowest BCUT2D eigenvalue weighted by atomic mass is 10.1. The van der Waals surface area contributed by atoms with Crippen molar-refractivity contribution in [2.45, 2.75) is 19.9 Å². The van der Waals surface area contributed by atoms with E-state index in [1.54, 1.807) is 19.1 Å². The van der Waals surface area contributed by atoms with Gasteiger partial charge in [-0.2, -0.15) is 4.98 Å². The predicted octanol–water partition coefficient (Wildman–Crippen LogP) is 0.819. The van der Waals surface area contributed by atoms with Crippen LogP contribution in [0.1, 0.15) is 17.3 Å². The summed E-state index contributed by atoms with van der Waals surface area (Å²) in [7, 11) is 0. The van der Waals surface area contributed by atoms with Crippen molar-refractivity contribution in [2.24, 2.45) is 0 Å². The first-order valence-corrected chi connectivity index (χ1v) is 5.54. The zero-order chi connectivity index (χ0) is 13.0. The summed E-state index contributed by atoms with van der Waals surface area (Å²) in [5.41, 5.74) is 7.15. The van der Waals surface area contributed by atoms with Crippen molar-refractivity contribution in [2.75, 3.05) is 5.73 Å². The summed E-state index contributed by atoms with van der Waals surface area (Å²) in [6.45, 7) is 1.96. The van der Waals surface area contributed by atoms with Crippen LogP contribution in [0.2, 0.25) is 0 Å². The quantitative estimate of drug-likeness (QED) is 0.779. The number of amides is 1. The number of anilines is 1. The summed E-state index contributed by atoms with van der Waals surface area (Å²) in [5, 5.41) is 6.34. The number of aryl methyl sites for hydroxylation is 1. The van der Waals surface area contributed by atoms with Gasteiger partial charge in [-0.25, -0.2) is 0 Å². The van der Waals surface area contributed by atoms with Gasteiger partial charge in [-0.1, -0.05) is 17.3 Å². The van der Waals surface area contributed by atoms with Crippen molar-refractivity contribution >= 4 is 11.6 Å². The number of nitrogen functional groups attached to an aromatic ring is 1. The van der Waals surface area contributed by atoms with Gasteiger partial charge in [0.25, 0.3) is 0 Å². The molecule has 0 saturated carbocycles. The van der Waals surface area contributed by atoms with Crippen LogP contribution < -0.4 is 11.1 Å². The zero-order valence-electron chi connectivity index (χ0n) is 10.0. The summed E-state index contributed by atoms with van der Waals surface area (Å²) >= 11 is 0. The fourth-order valence-electron chi connectivity index (χ4n) is 1.54. The van der Waals surface area contributed by atoms with E-state index in [0.717, 1.165) is 5.56 Å². The lowest BCUT2D eigenvalue weighted by molar-refractivity contribution is -0.120. The van der Waals surface area contributed by atoms with Crippen molar-refractivity contribution in [3.63, 3.8) is 0 Å². The third-order valence-electron chi connectivity index (χ3n) is 2.32. The number of nitrogens with zero attached hydrogens (tertiary/aromatic N) is 2. The maximum Gasteiger partial charge on any atom is 0.246 e. The fraction of sp³-hybridized carbons (Fsp3) is 0.250. The summed E-state index contributed by atoms with van der Waals surface area (Å²) in [5.74, 6) is 0.833. The predicted molar refractivity (Wildman–Crippen MR) is 65.4 cm³/mol. The van der Waals surface area contributed by atoms with Crippen LogP contribution >= 0.6 is 0 Å². The second-order valence-corrected chi connectivity index (χ2v) is 3.93. The molecule has 0 aliphatic rings. The van der Waals surface area contributed by atoms with E-state index in [1.807, 2.05) is 12.1 Å². The number of nitrogens with one attached hydrogen (secondary N) is 1. The molecule has 1 aromatic heterocycles. The molecule has 0 atom stereocenters. The second-order valence-electron chi connectivity index (χ2n) is 3.93. The van der Waals surface area contributed by atoms with Gasteiger partial charge in [-0.3, -0.25) is 4.79 Å². The molecule has 1 aromatic carbocycles. The number of benzene rings is 1. The molecule has 1 heterocycles. The largest absolute Gasteiger partial charge is 0.399 e. The number of carbonyl (C=O) groups excluding carboxylic acids is 1. The van der Waals surface area contributed by atoms with Gasteiger partial charge in [0, 0.05) is 5.69 Å². The molecule has 0 aliphatic heterocycles. The van der Waals surface area contributed by atoms with E-state index in [-0.39, 0.29) is 18.9 Å². The Morgan fingerprint density at radius 1 is 1.50 bits per heavy atom.